The predicted molar refractivity (Wildman–Crippen MR) is 107 cm³/mol. The molecule has 1 aliphatic rings. The number of carbonyl (C=O) groups excluding carboxylic acids is 1. The van der Waals surface area contributed by atoms with Gasteiger partial charge in [0, 0.05) is 49.8 Å². The van der Waals surface area contributed by atoms with Crippen LogP contribution in [0.3, 0.4) is 0 Å². The normalized spacial score (nSPS) is 15.1. The molecule has 0 unspecified atom stereocenters. The summed E-state index contributed by atoms with van der Waals surface area (Å²) in [7, 11) is 0. The zero-order chi connectivity index (χ0) is 18.7. The Hall–Kier alpha value is -2.56. The van der Waals surface area contributed by atoms with E-state index in [4.69, 9.17) is 0 Å². The maximum absolute atomic E-state index is 12.9. The molecule has 3 rings (SSSR count). The van der Waals surface area contributed by atoms with Crippen molar-refractivity contribution in [2.45, 2.75) is 33.2 Å². The summed E-state index contributed by atoms with van der Waals surface area (Å²) < 4.78 is 0. The van der Waals surface area contributed by atoms with Gasteiger partial charge in [-0.05, 0) is 51.5 Å². The van der Waals surface area contributed by atoms with Gasteiger partial charge in [0.25, 0.3) is 5.91 Å². The molecule has 1 aromatic heterocycles. The van der Waals surface area contributed by atoms with Gasteiger partial charge in [0.05, 0.1) is 11.3 Å². The molecule has 0 radical (unpaired) electrons. The van der Waals surface area contributed by atoms with E-state index >= 15 is 0 Å². The van der Waals surface area contributed by atoms with Crippen LogP contribution >= 0.6 is 0 Å². The minimum atomic E-state index is -0.0667. The molecule has 0 aliphatic carbocycles. The van der Waals surface area contributed by atoms with Crippen LogP contribution in [0, 0.1) is 6.92 Å². The molecule has 26 heavy (non-hydrogen) atoms. The Labute approximate surface area is 156 Å². The number of aryl methyl sites for hydroxylation is 1. The second-order valence-electron chi connectivity index (χ2n) is 7.96. The van der Waals surface area contributed by atoms with Gasteiger partial charge in [0.1, 0.15) is 0 Å². The number of carbonyl (C=O) groups is 1. The molecule has 138 valence electrons. The number of nitrogens with zero attached hydrogens (tertiary/aromatic N) is 3. The molecule has 1 saturated heterocycles. The number of piperazine rings is 1. The van der Waals surface area contributed by atoms with Crippen LogP contribution in [0.15, 0.2) is 42.7 Å². The van der Waals surface area contributed by atoms with Crippen molar-refractivity contribution in [3.8, 4) is 0 Å². The molecular weight excluding hydrogens is 324 g/mol. The van der Waals surface area contributed by atoms with Gasteiger partial charge in [0.2, 0.25) is 0 Å². The van der Waals surface area contributed by atoms with Gasteiger partial charge in [0.15, 0.2) is 0 Å². The highest BCUT2D eigenvalue weighted by Crippen LogP contribution is 2.20. The fourth-order valence-corrected chi connectivity index (χ4v) is 3.23. The Balaban J connectivity index is 1.64. The third kappa shape index (κ3) is 4.54. The van der Waals surface area contributed by atoms with Crippen molar-refractivity contribution in [1.29, 1.82) is 0 Å². The van der Waals surface area contributed by atoms with Gasteiger partial charge in [-0.1, -0.05) is 12.1 Å². The van der Waals surface area contributed by atoms with Crippen LogP contribution < -0.4 is 10.2 Å². The first-order valence-corrected chi connectivity index (χ1v) is 9.16. The van der Waals surface area contributed by atoms with Crippen molar-refractivity contribution in [1.82, 2.24) is 9.88 Å². The molecule has 5 nitrogen and oxygen atoms in total. The van der Waals surface area contributed by atoms with Gasteiger partial charge in [-0.2, -0.15) is 0 Å². The molecule has 0 atom stereocenters. The molecule has 1 aromatic carbocycles. The van der Waals surface area contributed by atoms with Crippen LogP contribution in [0.2, 0.25) is 0 Å². The number of aromatic nitrogens is 1. The largest absolute Gasteiger partial charge is 0.379 e. The maximum Gasteiger partial charge on any atom is 0.255 e. The molecule has 2 heterocycles. The Bertz CT molecular complexity index is 774. The van der Waals surface area contributed by atoms with Crippen LogP contribution in [-0.2, 0) is 0 Å². The van der Waals surface area contributed by atoms with E-state index in [-0.39, 0.29) is 11.4 Å². The lowest BCUT2D eigenvalue weighted by atomic mass is 10.1. The topological polar surface area (TPSA) is 48.5 Å². The first-order valence-electron chi connectivity index (χ1n) is 9.16. The lowest BCUT2D eigenvalue weighted by Crippen LogP contribution is -2.48. The number of benzene rings is 1. The lowest BCUT2D eigenvalue weighted by molar-refractivity contribution is 0.0746. The highest BCUT2D eigenvalue weighted by molar-refractivity contribution is 5.95. The van der Waals surface area contributed by atoms with E-state index in [0.29, 0.717) is 5.56 Å². The molecule has 1 amide bonds. The Morgan fingerprint density at radius 3 is 2.46 bits per heavy atom. The van der Waals surface area contributed by atoms with E-state index in [1.165, 1.54) is 11.3 Å². The highest BCUT2D eigenvalue weighted by Gasteiger charge is 2.23. The van der Waals surface area contributed by atoms with E-state index in [1.54, 1.807) is 12.4 Å². The summed E-state index contributed by atoms with van der Waals surface area (Å²) in [6, 6.07) is 10.4. The molecule has 1 N–H and O–H groups in total. The Morgan fingerprint density at radius 1 is 1.08 bits per heavy atom. The zero-order valence-electron chi connectivity index (χ0n) is 16.1. The summed E-state index contributed by atoms with van der Waals surface area (Å²) in [5.41, 5.74) is 3.94. The quantitative estimate of drug-likeness (QED) is 0.917. The summed E-state index contributed by atoms with van der Waals surface area (Å²) in [6.45, 7) is 11.5. The van der Waals surface area contributed by atoms with E-state index in [2.05, 4.69) is 67.2 Å². The van der Waals surface area contributed by atoms with Crippen molar-refractivity contribution < 1.29 is 4.79 Å². The first kappa shape index (κ1) is 18.2. The number of hydrogen-bond donors (Lipinski definition) is 1. The summed E-state index contributed by atoms with van der Waals surface area (Å²) >= 11 is 0. The number of amides is 1. The van der Waals surface area contributed by atoms with Gasteiger partial charge in [-0.25, -0.2) is 0 Å². The molecule has 0 spiro atoms. The number of nitrogens with one attached hydrogen (secondary N) is 1. The van der Waals surface area contributed by atoms with Crippen molar-refractivity contribution >= 4 is 17.3 Å². The summed E-state index contributed by atoms with van der Waals surface area (Å²) in [6.07, 6.45) is 3.42. The molecule has 0 bridgehead atoms. The molecule has 1 aliphatic heterocycles. The van der Waals surface area contributed by atoms with Crippen molar-refractivity contribution in [3.63, 3.8) is 0 Å². The SMILES string of the molecule is Cc1cccc(N2CCN(C(=O)c3cncc(NC(C)(C)C)c3)CC2)c1. The standard InChI is InChI=1S/C21H28N4O/c1-16-6-5-7-19(12-16)24-8-10-25(11-9-24)20(26)17-13-18(15-22-14-17)23-21(2,3)4/h5-7,12-15,23H,8-11H2,1-4H3. The number of rotatable bonds is 3. The van der Waals surface area contributed by atoms with Gasteiger partial charge < -0.3 is 15.1 Å². The van der Waals surface area contributed by atoms with E-state index in [0.717, 1.165) is 31.9 Å². The van der Waals surface area contributed by atoms with Crippen LogP contribution in [0.4, 0.5) is 11.4 Å². The third-order valence-corrected chi connectivity index (χ3v) is 4.44. The fourth-order valence-electron chi connectivity index (χ4n) is 3.23. The van der Waals surface area contributed by atoms with Crippen LogP contribution in [0.25, 0.3) is 0 Å². The lowest BCUT2D eigenvalue weighted by Gasteiger charge is -2.36. The average Bonchev–Trinajstić information content (AvgIpc) is 2.60. The molecule has 0 saturated carbocycles. The van der Waals surface area contributed by atoms with Crippen molar-refractivity contribution in [3.05, 3.63) is 53.9 Å². The first-order chi connectivity index (χ1) is 12.3. The van der Waals surface area contributed by atoms with Gasteiger partial charge in [-0.3, -0.25) is 9.78 Å². The number of hydrogen-bond acceptors (Lipinski definition) is 4. The highest BCUT2D eigenvalue weighted by atomic mass is 16.2. The molecule has 5 heteroatoms. The van der Waals surface area contributed by atoms with Crippen LogP contribution in [0.5, 0.6) is 0 Å². The minimum absolute atomic E-state index is 0.0546. The molecular formula is C21H28N4O. The predicted octanol–water partition coefficient (Wildman–Crippen LogP) is 3.56. The fraction of sp³-hybridized carbons (Fsp3) is 0.429. The van der Waals surface area contributed by atoms with Gasteiger partial charge in [-0.15, -0.1) is 0 Å². The van der Waals surface area contributed by atoms with Crippen LogP contribution in [-0.4, -0.2) is 47.5 Å². The van der Waals surface area contributed by atoms with E-state index in [9.17, 15) is 4.79 Å². The maximum atomic E-state index is 12.9. The average molecular weight is 352 g/mol. The second kappa shape index (κ2) is 7.36. The van der Waals surface area contributed by atoms with Gasteiger partial charge >= 0.3 is 0 Å². The molecule has 2 aromatic rings. The number of pyridine rings is 1. The molecule has 1 fully saturated rings. The zero-order valence-corrected chi connectivity index (χ0v) is 16.1. The smallest absolute Gasteiger partial charge is 0.255 e. The summed E-state index contributed by atoms with van der Waals surface area (Å²) in [5, 5.41) is 3.37. The third-order valence-electron chi connectivity index (χ3n) is 4.44. The van der Waals surface area contributed by atoms with Crippen molar-refractivity contribution in [2.24, 2.45) is 0 Å². The van der Waals surface area contributed by atoms with E-state index in [1.807, 2.05) is 11.0 Å². The van der Waals surface area contributed by atoms with Crippen LogP contribution in [0.1, 0.15) is 36.7 Å². The Kier molecular flexibility index (Phi) is 5.16. The summed E-state index contributed by atoms with van der Waals surface area (Å²) in [5.74, 6) is 0.0546. The summed E-state index contributed by atoms with van der Waals surface area (Å²) in [4.78, 5) is 21.4. The minimum Gasteiger partial charge on any atom is -0.379 e. The monoisotopic (exact) mass is 352 g/mol. The van der Waals surface area contributed by atoms with Crippen molar-refractivity contribution in [2.75, 3.05) is 36.4 Å². The second-order valence-corrected chi connectivity index (χ2v) is 7.96. The number of anilines is 2. The van der Waals surface area contributed by atoms with E-state index < -0.39 is 0 Å². The Morgan fingerprint density at radius 2 is 1.81 bits per heavy atom.